The number of nitrogens with two attached hydrogens (primary N) is 1. The van der Waals surface area contributed by atoms with Gasteiger partial charge in [0.1, 0.15) is 5.82 Å². The molecule has 0 saturated heterocycles. The number of fused-ring (bicyclic) bond motifs is 1. The fourth-order valence-corrected chi connectivity index (χ4v) is 1.91. The molecule has 0 aliphatic carbocycles. The quantitative estimate of drug-likeness (QED) is 0.868. The summed E-state index contributed by atoms with van der Waals surface area (Å²) >= 11 is 9.34. The van der Waals surface area contributed by atoms with Crippen molar-refractivity contribution in [3.8, 4) is 0 Å². The molecule has 2 aromatic rings. The second kappa shape index (κ2) is 3.53. The average Bonchev–Trinajstić information content (AvgIpc) is 2.45. The molecule has 14 heavy (non-hydrogen) atoms. The minimum atomic E-state index is 0.431. The third kappa shape index (κ3) is 1.43. The zero-order valence-corrected chi connectivity index (χ0v) is 9.93. The first kappa shape index (κ1) is 9.96. The van der Waals surface area contributed by atoms with Gasteiger partial charge in [-0.3, -0.25) is 0 Å². The number of hydrogen-bond donors (Lipinski definition) is 1. The van der Waals surface area contributed by atoms with Crippen LogP contribution in [0.2, 0.25) is 5.02 Å². The van der Waals surface area contributed by atoms with Crippen molar-refractivity contribution in [3.05, 3.63) is 27.5 Å². The van der Waals surface area contributed by atoms with E-state index in [1.54, 1.807) is 0 Å². The lowest BCUT2D eigenvalue weighted by molar-refractivity contribution is 0.813. The van der Waals surface area contributed by atoms with Crippen LogP contribution < -0.4 is 5.73 Å². The van der Waals surface area contributed by atoms with E-state index >= 15 is 0 Å². The third-order valence-electron chi connectivity index (χ3n) is 2.20. The molecule has 0 spiro atoms. The first-order valence-corrected chi connectivity index (χ1v) is 5.31. The molecule has 0 amide bonds. The topological polar surface area (TPSA) is 43.8 Å². The van der Waals surface area contributed by atoms with Gasteiger partial charge in [0, 0.05) is 11.5 Å². The van der Waals surface area contributed by atoms with E-state index in [2.05, 4.69) is 20.9 Å². The summed E-state index contributed by atoms with van der Waals surface area (Å²) in [6.45, 7) is 0.431. The van der Waals surface area contributed by atoms with Gasteiger partial charge in [-0.05, 0) is 28.1 Å². The summed E-state index contributed by atoms with van der Waals surface area (Å²) in [7, 11) is 1.94. The van der Waals surface area contributed by atoms with E-state index in [0.29, 0.717) is 11.6 Å². The number of imidazole rings is 1. The van der Waals surface area contributed by atoms with Crippen LogP contribution >= 0.6 is 27.5 Å². The van der Waals surface area contributed by atoms with Crippen LogP contribution in [-0.4, -0.2) is 9.55 Å². The zero-order valence-electron chi connectivity index (χ0n) is 7.59. The predicted molar refractivity (Wildman–Crippen MR) is 61.3 cm³/mol. The summed E-state index contributed by atoms with van der Waals surface area (Å²) in [5.41, 5.74) is 7.47. The van der Waals surface area contributed by atoms with Crippen LogP contribution in [0.1, 0.15) is 5.82 Å². The molecule has 0 aliphatic heterocycles. The van der Waals surface area contributed by atoms with Gasteiger partial charge in [-0.2, -0.15) is 0 Å². The number of nitrogens with zero attached hydrogens (tertiary/aromatic N) is 2. The second-order valence-corrected chi connectivity index (χ2v) is 4.31. The van der Waals surface area contributed by atoms with Gasteiger partial charge in [0.25, 0.3) is 0 Å². The Morgan fingerprint density at radius 1 is 1.57 bits per heavy atom. The van der Waals surface area contributed by atoms with Crippen molar-refractivity contribution in [1.82, 2.24) is 9.55 Å². The van der Waals surface area contributed by atoms with Crippen molar-refractivity contribution in [2.24, 2.45) is 12.8 Å². The molecular formula is C9H9BrClN3. The Balaban J connectivity index is 2.80. The fraction of sp³-hybridized carbons (Fsp3) is 0.222. The normalized spacial score (nSPS) is 11.1. The van der Waals surface area contributed by atoms with Crippen LogP contribution in [0.5, 0.6) is 0 Å². The van der Waals surface area contributed by atoms with Gasteiger partial charge in [-0.25, -0.2) is 4.98 Å². The van der Waals surface area contributed by atoms with Crippen LogP contribution in [0, 0.1) is 0 Å². The monoisotopic (exact) mass is 273 g/mol. The number of hydrogen-bond acceptors (Lipinski definition) is 2. The third-order valence-corrected chi connectivity index (χ3v) is 3.40. The largest absolute Gasteiger partial charge is 0.330 e. The summed E-state index contributed by atoms with van der Waals surface area (Å²) in [6, 6.07) is 3.78. The molecule has 0 unspecified atom stereocenters. The number of halogens is 2. The van der Waals surface area contributed by atoms with Gasteiger partial charge in [0.2, 0.25) is 0 Å². The molecule has 2 N–H and O–H groups in total. The molecule has 0 aliphatic rings. The van der Waals surface area contributed by atoms with Crippen molar-refractivity contribution in [1.29, 1.82) is 0 Å². The second-order valence-electron chi connectivity index (χ2n) is 3.05. The summed E-state index contributed by atoms with van der Waals surface area (Å²) in [6.07, 6.45) is 0. The van der Waals surface area contributed by atoms with Crippen molar-refractivity contribution in [2.75, 3.05) is 0 Å². The minimum absolute atomic E-state index is 0.431. The molecule has 0 atom stereocenters. The summed E-state index contributed by atoms with van der Waals surface area (Å²) in [5.74, 6) is 0.856. The SMILES string of the molecule is Cn1c(CN)nc2cc(Cl)c(Br)cc21. The molecular weight excluding hydrogens is 265 g/mol. The van der Waals surface area contributed by atoms with E-state index in [-0.39, 0.29) is 0 Å². The lowest BCUT2D eigenvalue weighted by Crippen LogP contribution is -2.04. The Bertz CT molecular complexity index is 492. The Morgan fingerprint density at radius 3 is 2.93 bits per heavy atom. The smallest absolute Gasteiger partial charge is 0.123 e. The number of benzene rings is 1. The lowest BCUT2D eigenvalue weighted by Gasteiger charge is -1.99. The average molecular weight is 275 g/mol. The maximum absolute atomic E-state index is 5.97. The standard InChI is InChI=1S/C9H9BrClN3/c1-14-8-2-5(10)6(11)3-7(8)13-9(14)4-12/h2-3H,4,12H2,1H3. The van der Waals surface area contributed by atoms with Crippen molar-refractivity contribution in [3.63, 3.8) is 0 Å². The first-order valence-electron chi connectivity index (χ1n) is 4.14. The van der Waals surface area contributed by atoms with E-state index in [0.717, 1.165) is 21.3 Å². The first-order chi connectivity index (χ1) is 6.63. The molecule has 2 rings (SSSR count). The van der Waals surface area contributed by atoms with Crippen molar-refractivity contribution < 1.29 is 0 Å². The fourth-order valence-electron chi connectivity index (χ4n) is 1.42. The van der Waals surface area contributed by atoms with E-state index in [1.807, 2.05) is 23.7 Å². The Labute approximate surface area is 95.0 Å². The minimum Gasteiger partial charge on any atom is -0.330 e. The van der Waals surface area contributed by atoms with Crippen molar-refractivity contribution >= 4 is 38.6 Å². The van der Waals surface area contributed by atoms with Gasteiger partial charge < -0.3 is 10.3 Å². The number of aryl methyl sites for hydroxylation is 1. The molecule has 1 aromatic carbocycles. The van der Waals surface area contributed by atoms with Gasteiger partial charge in [-0.15, -0.1) is 0 Å². The van der Waals surface area contributed by atoms with Gasteiger partial charge >= 0.3 is 0 Å². The molecule has 1 aromatic heterocycles. The molecule has 74 valence electrons. The summed E-state index contributed by atoms with van der Waals surface area (Å²) in [4.78, 5) is 4.37. The lowest BCUT2D eigenvalue weighted by atomic mass is 10.3. The predicted octanol–water partition coefficient (Wildman–Crippen LogP) is 2.45. The molecule has 0 bridgehead atoms. The Hall–Kier alpha value is -0.580. The molecule has 0 saturated carbocycles. The van der Waals surface area contributed by atoms with E-state index in [4.69, 9.17) is 17.3 Å². The van der Waals surface area contributed by atoms with Gasteiger partial charge in [0.05, 0.1) is 22.6 Å². The van der Waals surface area contributed by atoms with E-state index < -0.39 is 0 Å². The molecule has 5 heteroatoms. The highest BCUT2D eigenvalue weighted by Crippen LogP contribution is 2.28. The number of aromatic nitrogens is 2. The Kier molecular flexibility index (Phi) is 2.51. The highest BCUT2D eigenvalue weighted by Gasteiger charge is 2.08. The maximum atomic E-state index is 5.97. The van der Waals surface area contributed by atoms with Crippen LogP contribution in [0.25, 0.3) is 11.0 Å². The summed E-state index contributed by atoms with van der Waals surface area (Å²) in [5, 5.41) is 0.666. The van der Waals surface area contributed by atoms with Gasteiger partial charge in [0.15, 0.2) is 0 Å². The molecule has 0 radical (unpaired) electrons. The zero-order chi connectivity index (χ0) is 10.3. The van der Waals surface area contributed by atoms with Crippen LogP contribution in [0.4, 0.5) is 0 Å². The van der Waals surface area contributed by atoms with Crippen LogP contribution in [-0.2, 0) is 13.6 Å². The van der Waals surface area contributed by atoms with E-state index in [9.17, 15) is 0 Å². The molecule has 0 fully saturated rings. The van der Waals surface area contributed by atoms with E-state index in [1.165, 1.54) is 0 Å². The van der Waals surface area contributed by atoms with Crippen LogP contribution in [0.15, 0.2) is 16.6 Å². The van der Waals surface area contributed by atoms with Crippen LogP contribution in [0.3, 0.4) is 0 Å². The maximum Gasteiger partial charge on any atom is 0.123 e. The molecule has 1 heterocycles. The highest BCUT2D eigenvalue weighted by atomic mass is 79.9. The summed E-state index contributed by atoms with van der Waals surface area (Å²) < 4.78 is 2.84. The molecule has 3 nitrogen and oxygen atoms in total. The van der Waals surface area contributed by atoms with Crippen molar-refractivity contribution in [2.45, 2.75) is 6.54 Å². The van der Waals surface area contributed by atoms with Gasteiger partial charge in [-0.1, -0.05) is 11.6 Å². The highest BCUT2D eigenvalue weighted by molar-refractivity contribution is 9.10. The number of rotatable bonds is 1. The Morgan fingerprint density at radius 2 is 2.29 bits per heavy atom.